The van der Waals surface area contributed by atoms with E-state index in [9.17, 15) is 4.79 Å². The number of hydrogen-bond acceptors (Lipinski definition) is 2. The standard InChI is InChI=1S/C18H34N2O/c1-5-13-12-20(11-10-16(13)19)17(21)14-6-8-15(9-7-14)18(2,3)4/h13-16H,5-12,19H2,1-4H3. The fraction of sp³-hybridized carbons (Fsp3) is 0.944. The van der Waals surface area contributed by atoms with Gasteiger partial charge in [0.1, 0.15) is 0 Å². The van der Waals surface area contributed by atoms with Crippen LogP contribution >= 0.6 is 0 Å². The molecule has 21 heavy (non-hydrogen) atoms. The summed E-state index contributed by atoms with van der Waals surface area (Å²) in [5, 5.41) is 0. The average Bonchev–Trinajstić information content (AvgIpc) is 2.46. The number of rotatable bonds is 2. The van der Waals surface area contributed by atoms with Crippen molar-refractivity contribution in [1.82, 2.24) is 4.90 Å². The zero-order valence-corrected chi connectivity index (χ0v) is 14.4. The maximum Gasteiger partial charge on any atom is 0.225 e. The van der Waals surface area contributed by atoms with E-state index in [0.717, 1.165) is 44.7 Å². The summed E-state index contributed by atoms with van der Waals surface area (Å²) >= 11 is 0. The van der Waals surface area contributed by atoms with Gasteiger partial charge < -0.3 is 10.6 Å². The second-order valence-corrected chi connectivity index (χ2v) is 8.32. The number of amides is 1. The molecule has 2 rings (SSSR count). The summed E-state index contributed by atoms with van der Waals surface area (Å²) in [6.07, 6.45) is 6.65. The van der Waals surface area contributed by atoms with E-state index in [1.54, 1.807) is 0 Å². The number of carbonyl (C=O) groups is 1. The van der Waals surface area contributed by atoms with Gasteiger partial charge in [-0.1, -0.05) is 34.1 Å². The molecule has 1 saturated heterocycles. The van der Waals surface area contributed by atoms with Gasteiger partial charge in [-0.15, -0.1) is 0 Å². The molecule has 1 saturated carbocycles. The first-order chi connectivity index (χ1) is 9.82. The Morgan fingerprint density at radius 1 is 1.14 bits per heavy atom. The highest BCUT2D eigenvalue weighted by atomic mass is 16.2. The van der Waals surface area contributed by atoms with Crippen LogP contribution in [0.5, 0.6) is 0 Å². The topological polar surface area (TPSA) is 46.3 Å². The molecule has 3 nitrogen and oxygen atoms in total. The molecule has 1 amide bonds. The number of piperidine rings is 1. The molecule has 1 aliphatic carbocycles. The van der Waals surface area contributed by atoms with Gasteiger partial charge in [0, 0.05) is 25.0 Å². The zero-order valence-electron chi connectivity index (χ0n) is 14.4. The van der Waals surface area contributed by atoms with E-state index < -0.39 is 0 Å². The van der Waals surface area contributed by atoms with Gasteiger partial charge >= 0.3 is 0 Å². The summed E-state index contributed by atoms with van der Waals surface area (Å²) in [5.41, 5.74) is 6.55. The van der Waals surface area contributed by atoms with Crippen LogP contribution in [0, 0.1) is 23.2 Å². The van der Waals surface area contributed by atoms with Crippen molar-refractivity contribution in [3.8, 4) is 0 Å². The minimum absolute atomic E-state index is 0.274. The second kappa shape index (κ2) is 6.68. The molecule has 2 atom stereocenters. The zero-order chi connectivity index (χ0) is 15.6. The van der Waals surface area contributed by atoms with Crippen molar-refractivity contribution in [3.05, 3.63) is 0 Å². The number of carbonyl (C=O) groups excluding carboxylic acids is 1. The minimum Gasteiger partial charge on any atom is -0.342 e. The first-order valence-electron chi connectivity index (χ1n) is 8.87. The van der Waals surface area contributed by atoms with Crippen molar-refractivity contribution in [2.45, 2.75) is 72.3 Å². The van der Waals surface area contributed by atoms with Gasteiger partial charge in [-0.05, 0) is 49.4 Å². The Morgan fingerprint density at radius 2 is 1.76 bits per heavy atom. The van der Waals surface area contributed by atoms with E-state index in [-0.39, 0.29) is 12.0 Å². The molecule has 122 valence electrons. The highest BCUT2D eigenvalue weighted by molar-refractivity contribution is 5.79. The van der Waals surface area contributed by atoms with Crippen molar-refractivity contribution in [2.24, 2.45) is 28.9 Å². The van der Waals surface area contributed by atoms with Gasteiger partial charge in [-0.25, -0.2) is 0 Å². The molecule has 2 unspecified atom stereocenters. The van der Waals surface area contributed by atoms with Crippen LogP contribution in [0.3, 0.4) is 0 Å². The molecule has 1 heterocycles. The fourth-order valence-electron chi connectivity index (χ4n) is 4.15. The monoisotopic (exact) mass is 294 g/mol. The van der Waals surface area contributed by atoms with Crippen LogP contribution in [0.1, 0.15) is 66.2 Å². The molecule has 0 bridgehead atoms. The largest absolute Gasteiger partial charge is 0.342 e. The number of likely N-dealkylation sites (tertiary alicyclic amines) is 1. The summed E-state index contributed by atoms with van der Waals surface area (Å²) in [4.78, 5) is 14.9. The van der Waals surface area contributed by atoms with Gasteiger partial charge in [0.2, 0.25) is 5.91 Å². The van der Waals surface area contributed by atoms with Gasteiger partial charge in [-0.3, -0.25) is 4.79 Å². The lowest BCUT2D eigenvalue weighted by molar-refractivity contribution is -0.139. The Labute approximate surface area is 130 Å². The van der Waals surface area contributed by atoms with E-state index in [0.29, 0.717) is 17.2 Å². The highest BCUT2D eigenvalue weighted by Gasteiger charge is 2.36. The molecule has 0 radical (unpaired) electrons. The third-order valence-corrected chi connectivity index (χ3v) is 5.93. The molecule has 2 aliphatic rings. The van der Waals surface area contributed by atoms with Crippen LogP contribution in [0.4, 0.5) is 0 Å². The molecule has 0 aromatic rings. The van der Waals surface area contributed by atoms with Crippen LogP contribution < -0.4 is 5.73 Å². The molecule has 3 heteroatoms. The van der Waals surface area contributed by atoms with E-state index in [2.05, 4.69) is 32.6 Å². The van der Waals surface area contributed by atoms with Crippen LogP contribution in [-0.4, -0.2) is 29.9 Å². The Morgan fingerprint density at radius 3 is 2.29 bits per heavy atom. The average molecular weight is 294 g/mol. The lowest BCUT2D eigenvalue weighted by atomic mass is 9.69. The maximum atomic E-state index is 12.8. The number of hydrogen-bond donors (Lipinski definition) is 1. The molecule has 2 N–H and O–H groups in total. The van der Waals surface area contributed by atoms with Gasteiger partial charge in [0.25, 0.3) is 0 Å². The number of nitrogens with zero attached hydrogens (tertiary/aromatic N) is 1. The summed E-state index contributed by atoms with van der Waals surface area (Å²) in [6.45, 7) is 10.9. The van der Waals surface area contributed by atoms with Crippen LogP contribution in [0.2, 0.25) is 0 Å². The summed E-state index contributed by atoms with van der Waals surface area (Å²) in [7, 11) is 0. The van der Waals surface area contributed by atoms with Gasteiger partial charge in [0.15, 0.2) is 0 Å². The minimum atomic E-state index is 0.274. The molecule has 2 fully saturated rings. The highest BCUT2D eigenvalue weighted by Crippen LogP contribution is 2.40. The molecule has 1 aliphatic heterocycles. The molecule has 0 spiro atoms. The normalized spacial score (nSPS) is 34.8. The maximum absolute atomic E-state index is 12.8. The third kappa shape index (κ3) is 4.00. The van der Waals surface area contributed by atoms with Crippen molar-refractivity contribution in [3.63, 3.8) is 0 Å². The van der Waals surface area contributed by atoms with Crippen molar-refractivity contribution in [1.29, 1.82) is 0 Å². The third-order valence-electron chi connectivity index (χ3n) is 5.93. The van der Waals surface area contributed by atoms with Gasteiger partial charge in [-0.2, -0.15) is 0 Å². The molecular weight excluding hydrogens is 260 g/mol. The first kappa shape index (κ1) is 16.8. The van der Waals surface area contributed by atoms with Crippen molar-refractivity contribution in [2.75, 3.05) is 13.1 Å². The van der Waals surface area contributed by atoms with Crippen LogP contribution in [-0.2, 0) is 4.79 Å². The van der Waals surface area contributed by atoms with Crippen molar-refractivity contribution < 1.29 is 4.79 Å². The Bertz CT molecular complexity index is 353. The summed E-state index contributed by atoms with van der Waals surface area (Å²) < 4.78 is 0. The molecule has 0 aromatic carbocycles. The first-order valence-corrected chi connectivity index (χ1v) is 8.87. The number of nitrogens with two attached hydrogens (primary N) is 1. The second-order valence-electron chi connectivity index (χ2n) is 8.32. The van der Waals surface area contributed by atoms with Crippen molar-refractivity contribution >= 4 is 5.91 Å². The predicted octanol–water partition coefficient (Wildman–Crippen LogP) is 3.42. The summed E-state index contributed by atoms with van der Waals surface area (Å²) in [5.74, 6) is 1.96. The van der Waals surface area contributed by atoms with Crippen LogP contribution in [0.25, 0.3) is 0 Å². The Kier molecular flexibility index (Phi) is 5.34. The van der Waals surface area contributed by atoms with E-state index in [1.807, 2.05) is 0 Å². The fourth-order valence-corrected chi connectivity index (χ4v) is 4.15. The van der Waals surface area contributed by atoms with Crippen LogP contribution in [0.15, 0.2) is 0 Å². The lowest BCUT2D eigenvalue weighted by Crippen LogP contribution is -2.50. The smallest absolute Gasteiger partial charge is 0.225 e. The molecule has 0 aromatic heterocycles. The quantitative estimate of drug-likeness (QED) is 0.848. The van der Waals surface area contributed by atoms with E-state index in [1.165, 1.54) is 12.8 Å². The van der Waals surface area contributed by atoms with Gasteiger partial charge in [0.05, 0.1) is 0 Å². The summed E-state index contributed by atoms with van der Waals surface area (Å²) in [6, 6.07) is 0.288. The van der Waals surface area contributed by atoms with E-state index in [4.69, 9.17) is 5.73 Å². The lowest BCUT2D eigenvalue weighted by Gasteiger charge is -2.41. The van der Waals surface area contributed by atoms with E-state index >= 15 is 0 Å². The SMILES string of the molecule is CCC1CN(C(=O)C2CCC(C(C)(C)C)CC2)CCC1N. The predicted molar refractivity (Wildman–Crippen MR) is 87.9 cm³/mol. The Balaban J connectivity index is 1.87. The Hall–Kier alpha value is -0.570. The molecular formula is C18H34N2O.